The van der Waals surface area contributed by atoms with E-state index in [2.05, 4.69) is 359 Å². The number of pyridine rings is 2. The van der Waals surface area contributed by atoms with Gasteiger partial charge in [-0.05, 0) is 212 Å². The molecule has 4 aromatic heterocycles. The summed E-state index contributed by atoms with van der Waals surface area (Å²) in [5.74, 6) is 0. The average Bonchev–Trinajstić information content (AvgIpc) is 0.904. The summed E-state index contributed by atoms with van der Waals surface area (Å²) in [6.45, 7) is 0. The molecule has 0 bridgehead atoms. The first kappa shape index (κ1) is 56.5. The lowest BCUT2D eigenvalue weighted by Gasteiger charge is -2.25. The van der Waals surface area contributed by atoms with Crippen LogP contribution in [0.3, 0.4) is 0 Å². The Morgan fingerprint density at radius 2 is 0.480 bits per heavy atom. The quantitative estimate of drug-likeness (QED) is 0.166. The Labute approximate surface area is 568 Å². The van der Waals surface area contributed by atoms with Crippen molar-refractivity contribution in [2.24, 2.45) is 0 Å². The number of rotatable bonds is 6. The monoisotopic (exact) mass is 1240 g/mol. The number of aromatic nitrogens is 4. The average molecular weight is 1250 g/mol. The van der Waals surface area contributed by atoms with Crippen molar-refractivity contribution in [3.63, 3.8) is 0 Å². The molecule has 4 heterocycles. The molecule has 0 saturated heterocycles. The molecule has 98 heavy (non-hydrogen) atoms. The zero-order valence-corrected chi connectivity index (χ0v) is 53.4. The summed E-state index contributed by atoms with van der Waals surface area (Å²) in [5.41, 5.74) is 36.6. The van der Waals surface area contributed by atoms with Crippen LogP contribution in [-0.4, -0.2) is 19.1 Å². The van der Waals surface area contributed by atoms with Crippen LogP contribution in [0.4, 0.5) is 0 Å². The van der Waals surface area contributed by atoms with E-state index in [1.54, 1.807) is 0 Å². The Balaban J connectivity index is 0.000000137. The molecule has 456 valence electrons. The van der Waals surface area contributed by atoms with Gasteiger partial charge in [0.2, 0.25) is 0 Å². The molecule has 20 rings (SSSR count). The summed E-state index contributed by atoms with van der Waals surface area (Å²) >= 11 is 0. The number of hydrogen-bond acceptors (Lipinski definition) is 2. The smallest absolute Gasteiger partial charge is 0.0724 e. The molecule has 18 aromatic rings. The highest BCUT2D eigenvalue weighted by molar-refractivity contribution is 6.13. The number of hydrogen-bond donors (Lipinski definition) is 0. The SMILES string of the molecule is c1ccc(-n2c3ccc(-c4cccc(-c5ccc6c(c5)-c5ccccc5-c5ccccc5-c5ccccc5-6)c4)cc3c3ccncc32)cc1.c1ccc(-n2c3ccc(-c4cccc(-c5cccc6c5-c5ccccc5-c5ccccc5-c5ccccc5-6)c4)cc3c3ccncc32)cc1. The van der Waals surface area contributed by atoms with Gasteiger partial charge in [0.1, 0.15) is 0 Å². The van der Waals surface area contributed by atoms with Gasteiger partial charge in [-0.15, -0.1) is 0 Å². The van der Waals surface area contributed by atoms with E-state index in [4.69, 9.17) is 0 Å². The molecular formula is C94H60N4. The van der Waals surface area contributed by atoms with Gasteiger partial charge in [-0.2, -0.15) is 0 Å². The van der Waals surface area contributed by atoms with Gasteiger partial charge in [0.05, 0.1) is 34.5 Å². The molecule has 0 saturated carbocycles. The van der Waals surface area contributed by atoms with Crippen LogP contribution in [0.15, 0.2) is 365 Å². The summed E-state index contributed by atoms with van der Waals surface area (Å²) in [4.78, 5) is 8.97. The number of benzene rings is 14. The van der Waals surface area contributed by atoms with Gasteiger partial charge in [-0.3, -0.25) is 9.97 Å². The predicted octanol–water partition coefficient (Wildman–Crippen LogP) is 25.0. The second-order valence-corrected chi connectivity index (χ2v) is 25.5. The predicted molar refractivity (Wildman–Crippen MR) is 410 cm³/mol. The Kier molecular flexibility index (Phi) is 13.5. The highest BCUT2D eigenvalue weighted by Gasteiger charge is 2.26. The van der Waals surface area contributed by atoms with Crippen LogP contribution in [0.5, 0.6) is 0 Å². The molecule has 2 aliphatic carbocycles. The van der Waals surface area contributed by atoms with E-state index < -0.39 is 0 Å². The van der Waals surface area contributed by atoms with Crippen LogP contribution < -0.4 is 0 Å². The fourth-order valence-corrected chi connectivity index (χ4v) is 15.7. The summed E-state index contributed by atoms with van der Waals surface area (Å²) in [7, 11) is 0. The topological polar surface area (TPSA) is 35.6 Å². The highest BCUT2D eigenvalue weighted by atomic mass is 15.0. The zero-order valence-electron chi connectivity index (χ0n) is 53.4. The van der Waals surface area contributed by atoms with Crippen molar-refractivity contribution in [2.75, 3.05) is 0 Å². The lowest BCUT2D eigenvalue weighted by atomic mass is 9.78. The second kappa shape index (κ2) is 23.5. The van der Waals surface area contributed by atoms with Crippen LogP contribution in [0.1, 0.15) is 0 Å². The van der Waals surface area contributed by atoms with Crippen molar-refractivity contribution in [1.82, 2.24) is 19.1 Å². The van der Waals surface area contributed by atoms with Crippen molar-refractivity contribution < 1.29 is 0 Å². The molecule has 4 nitrogen and oxygen atoms in total. The fourth-order valence-electron chi connectivity index (χ4n) is 15.7. The molecule has 0 radical (unpaired) electrons. The third-order valence-electron chi connectivity index (χ3n) is 20.1. The number of fused-ring (bicyclic) bond motifs is 22. The maximum Gasteiger partial charge on any atom is 0.0724 e. The molecule has 0 aliphatic heterocycles. The van der Waals surface area contributed by atoms with Gasteiger partial charge < -0.3 is 9.13 Å². The minimum atomic E-state index is 1.11. The highest BCUT2D eigenvalue weighted by Crippen LogP contribution is 2.52. The van der Waals surface area contributed by atoms with Crippen LogP contribution in [-0.2, 0) is 0 Å². The van der Waals surface area contributed by atoms with Gasteiger partial charge >= 0.3 is 0 Å². The summed E-state index contributed by atoms with van der Waals surface area (Å²) in [6.07, 6.45) is 7.72. The summed E-state index contributed by atoms with van der Waals surface area (Å²) in [6, 6.07) is 124. The third kappa shape index (κ3) is 9.37. The van der Waals surface area contributed by atoms with Crippen molar-refractivity contribution in [3.05, 3.63) is 365 Å². The maximum atomic E-state index is 4.49. The molecule has 0 spiro atoms. The zero-order chi connectivity index (χ0) is 64.6. The number of para-hydroxylation sites is 2. The lowest BCUT2D eigenvalue weighted by molar-refractivity contribution is 1.17. The molecule has 0 fully saturated rings. The molecule has 4 heteroatoms. The van der Waals surface area contributed by atoms with Gasteiger partial charge in [0.15, 0.2) is 0 Å². The van der Waals surface area contributed by atoms with Crippen LogP contribution in [0.25, 0.3) is 189 Å². The summed E-state index contributed by atoms with van der Waals surface area (Å²) in [5, 5.41) is 4.85. The minimum absolute atomic E-state index is 1.11. The van der Waals surface area contributed by atoms with Crippen LogP contribution >= 0.6 is 0 Å². The van der Waals surface area contributed by atoms with E-state index in [9.17, 15) is 0 Å². The Hall–Kier alpha value is -13.0. The largest absolute Gasteiger partial charge is 0.308 e. The van der Waals surface area contributed by atoms with E-state index in [0.717, 1.165) is 22.4 Å². The van der Waals surface area contributed by atoms with E-state index in [1.165, 1.54) is 166 Å². The molecule has 0 atom stereocenters. The molecule has 0 unspecified atom stereocenters. The van der Waals surface area contributed by atoms with Crippen LogP contribution in [0, 0.1) is 0 Å². The Bertz CT molecular complexity index is 6120. The van der Waals surface area contributed by atoms with Crippen molar-refractivity contribution in [1.29, 1.82) is 0 Å². The fraction of sp³-hybridized carbons (Fsp3) is 0. The van der Waals surface area contributed by atoms with E-state index in [1.807, 2.05) is 24.8 Å². The molecule has 2 aliphatic rings. The first-order valence-corrected chi connectivity index (χ1v) is 33.6. The lowest BCUT2D eigenvalue weighted by Crippen LogP contribution is -1.98. The number of nitrogens with zero attached hydrogens (tertiary/aromatic N) is 4. The Morgan fingerprint density at radius 1 is 0.173 bits per heavy atom. The van der Waals surface area contributed by atoms with E-state index in [0.29, 0.717) is 0 Å². The normalized spacial score (nSPS) is 11.7. The van der Waals surface area contributed by atoms with E-state index >= 15 is 0 Å². The molecule has 0 amide bonds. The first-order chi connectivity index (χ1) is 48.6. The maximum absolute atomic E-state index is 4.49. The van der Waals surface area contributed by atoms with E-state index in [-0.39, 0.29) is 0 Å². The van der Waals surface area contributed by atoms with Gasteiger partial charge in [-0.1, -0.05) is 261 Å². The van der Waals surface area contributed by atoms with Crippen molar-refractivity contribution >= 4 is 43.6 Å². The minimum Gasteiger partial charge on any atom is -0.308 e. The van der Waals surface area contributed by atoms with Crippen LogP contribution in [0.2, 0.25) is 0 Å². The molecular weight excluding hydrogens is 1190 g/mol. The molecule has 0 N–H and O–H groups in total. The molecule has 14 aromatic carbocycles. The van der Waals surface area contributed by atoms with Gasteiger partial charge in [0, 0.05) is 45.3 Å². The Morgan fingerprint density at radius 3 is 0.929 bits per heavy atom. The second-order valence-electron chi connectivity index (χ2n) is 25.5. The third-order valence-corrected chi connectivity index (χ3v) is 20.1. The van der Waals surface area contributed by atoms with Gasteiger partial charge in [-0.25, -0.2) is 0 Å². The summed E-state index contributed by atoms with van der Waals surface area (Å²) < 4.78 is 4.62. The standard InChI is InChI=1S/2C47H30N2/c1-2-14-34(15-3-1)49-45-25-24-32(29-44(45)41-26-27-48-30-46(41)49)31-12-10-13-33(28-31)35-22-11-23-43-40-19-7-6-18-38(40)36-16-4-5-17-37(36)39-20-8-9-21-42(39)47(35)43;1-2-13-35(14-3-1)49-46-24-22-34(29-45(46)43-25-26-48-30-47(43)49)32-12-10-11-31(27-32)33-21-23-42-40-19-7-6-17-38(40)36-15-4-5-16-37(36)39-18-8-9-20-41(39)44(42)28-33/h2*1-30H. The first-order valence-electron chi connectivity index (χ1n) is 33.6. The van der Waals surface area contributed by atoms with Crippen molar-refractivity contribution in [2.45, 2.75) is 0 Å². The van der Waals surface area contributed by atoms with Crippen molar-refractivity contribution in [3.8, 4) is 145 Å². The van der Waals surface area contributed by atoms with Gasteiger partial charge in [0.25, 0.3) is 0 Å².